The normalized spacial score (nSPS) is 13.1. The lowest BCUT2D eigenvalue weighted by Crippen LogP contribution is -2.43. The SMILES string of the molecule is Cc1cn(C[C@](C)(O)C(=O)Nc2ccc(C#N)c(CF)c2)c2ccc(F)cc12. The molecule has 0 aliphatic heterocycles. The van der Waals surface area contributed by atoms with Crippen molar-refractivity contribution >= 4 is 22.5 Å². The number of alkyl halides is 1. The third-order valence-electron chi connectivity index (χ3n) is 4.64. The number of fused-ring (bicyclic) bond motifs is 1. The number of amides is 1. The van der Waals surface area contributed by atoms with Gasteiger partial charge >= 0.3 is 0 Å². The van der Waals surface area contributed by atoms with Crippen LogP contribution in [0.25, 0.3) is 10.9 Å². The summed E-state index contributed by atoms with van der Waals surface area (Å²) in [6, 6.07) is 10.5. The van der Waals surface area contributed by atoms with Crippen molar-refractivity contribution in [1.29, 1.82) is 5.26 Å². The molecule has 1 aromatic heterocycles. The zero-order chi connectivity index (χ0) is 20.5. The van der Waals surface area contributed by atoms with Crippen LogP contribution in [0.3, 0.4) is 0 Å². The maximum absolute atomic E-state index is 13.5. The third kappa shape index (κ3) is 3.73. The van der Waals surface area contributed by atoms with Crippen LogP contribution in [0, 0.1) is 24.1 Å². The van der Waals surface area contributed by atoms with Crippen LogP contribution in [0.2, 0.25) is 0 Å². The Bertz CT molecular complexity index is 1100. The van der Waals surface area contributed by atoms with Crippen molar-refractivity contribution in [2.24, 2.45) is 0 Å². The average Bonchev–Trinajstić information content (AvgIpc) is 2.95. The zero-order valence-corrected chi connectivity index (χ0v) is 15.5. The molecule has 0 radical (unpaired) electrons. The predicted molar refractivity (Wildman–Crippen MR) is 102 cm³/mol. The van der Waals surface area contributed by atoms with Gasteiger partial charge in [-0.1, -0.05) is 0 Å². The molecule has 0 saturated heterocycles. The van der Waals surface area contributed by atoms with Crippen LogP contribution in [-0.2, 0) is 18.0 Å². The van der Waals surface area contributed by atoms with Crippen molar-refractivity contribution in [1.82, 2.24) is 4.57 Å². The van der Waals surface area contributed by atoms with Gasteiger partial charge in [0.05, 0.1) is 18.2 Å². The number of nitriles is 1. The van der Waals surface area contributed by atoms with Crippen LogP contribution in [0.5, 0.6) is 0 Å². The number of aliphatic hydroxyl groups is 1. The molecule has 3 aromatic rings. The molecule has 1 atom stereocenters. The molecule has 5 nitrogen and oxygen atoms in total. The average molecular weight is 383 g/mol. The van der Waals surface area contributed by atoms with Gasteiger partial charge in [0, 0.05) is 28.4 Å². The first-order chi connectivity index (χ1) is 13.2. The number of carbonyl (C=O) groups is 1. The van der Waals surface area contributed by atoms with Gasteiger partial charge in [-0.25, -0.2) is 8.78 Å². The number of carbonyl (C=O) groups excluding carboxylic acids is 1. The molecule has 2 N–H and O–H groups in total. The lowest BCUT2D eigenvalue weighted by Gasteiger charge is -2.23. The Labute approximate surface area is 160 Å². The highest BCUT2D eigenvalue weighted by molar-refractivity contribution is 5.97. The quantitative estimate of drug-likeness (QED) is 0.703. The maximum Gasteiger partial charge on any atom is 0.257 e. The van der Waals surface area contributed by atoms with E-state index in [9.17, 15) is 18.7 Å². The Morgan fingerprint density at radius 1 is 1.32 bits per heavy atom. The van der Waals surface area contributed by atoms with Crippen LogP contribution in [0.15, 0.2) is 42.6 Å². The molecule has 2 aromatic carbocycles. The van der Waals surface area contributed by atoms with E-state index in [2.05, 4.69) is 5.32 Å². The lowest BCUT2D eigenvalue weighted by molar-refractivity contribution is -0.133. The van der Waals surface area contributed by atoms with E-state index in [1.165, 1.54) is 37.3 Å². The molecule has 0 aliphatic rings. The second-order valence-corrected chi connectivity index (χ2v) is 6.95. The molecule has 144 valence electrons. The van der Waals surface area contributed by atoms with E-state index in [1.807, 2.05) is 13.0 Å². The number of aromatic nitrogens is 1. The summed E-state index contributed by atoms with van der Waals surface area (Å²) >= 11 is 0. The molecule has 0 aliphatic carbocycles. The molecule has 7 heteroatoms. The highest BCUT2D eigenvalue weighted by atomic mass is 19.1. The first-order valence-corrected chi connectivity index (χ1v) is 8.63. The van der Waals surface area contributed by atoms with Gasteiger partial charge in [0.2, 0.25) is 0 Å². The monoisotopic (exact) mass is 383 g/mol. The van der Waals surface area contributed by atoms with E-state index in [-0.39, 0.29) is 29.2 Å². The van der Waals surface area contributed by atoms with E-state index in [4.69, 9.17) is 5.26 Å². The van der Waals surface area contributed by atoms with Gasteiger partial charge in [0.15, 0.2) is 5.60 Å². The fraction of sp³-hybridized carbons (Fsp3) is 0.238. The molecular formula is C21H19F2N3O2. The van der Waals surface area contributed by atoms with Gasteiger partial charge in [-0.3, -0.25) is 4.79 Å². The number of halogens is 2. The number of nitrogens with one attached hydrogen (secondary N) is 1. The van der Waals surface area contributed by atoms with Crippen molar-refractivity contribution in [3.63, 3.8) is 0 Å². The summed E-state index contributed by atoms with van der Waals surface area (Å²) in [5, 5.41) is 22.9. The van der Waals surface area contributed by atoms with Gasteiger partial charge < -0.3 is 15.0 Å². The van der Waals surface area contributed by atoms with Gasteiger partial charge in [0.25, 0.3) is 5.91 Å². The van der Waals surface area contributed by atoms with Crippen molar-refractivity contribution in [2.75, 3.05) is 5.32 Å². The van der Waals surface area contributed by atoms with Crippen molar-refractivity contribution in [3.05, 3.63) is 65.1 Å². The Kier molecular flexibility index (Phi) is 5.16. The zero-order valence-electron chi connectivity index (χ0n) is 15.5. The Hall–Kier alpha value is -3.24. The van der Waals surface area contributed by atoms with E-state index >= 15 is 0 Å². The number of hydrogen-bond acceptors (Lipinski definition) is 3. The summed E-state index contributed by atoms with van der Waals surface area (Å²) in [6.07, 6.45) is 1.74. The molecule has 1 amide bonds. The molecule has 28 heavy (non-hydrogen) atoms. The van der Waals surface area contributed by atoms with Crippen molar-refractivity contribution in [3.8, 4) is 6.07 Å². The van der Waals surface area contributed by atoms with Crippen LogP contribution < -0.4 is 5.32 Å². The summed E-state index contributed by atoms with van der Waals surface area (Å²) in [4.78, 5) is 12.6. The Morgan fingerprint density at radius 3 is 2.75 bits per heavy atom. The van der Waals surface area contributed by atoms with Crippen LogP contribution >= 0.6 is 0 Å². The summed E-state index contributed by atoms with van der Waals surface area (Å²) in [5.41, 5.74) is 0.377. The van der Waals surface area contributed by atoms with Gasteiger partial charge in [0.1, 0.15) is 12.5 Å². The molecule has 0 fully saturated rings. The minimum absolute atomic E-state index is 0.0545. The van der Waals surface area contributed by atoms with E-state index < -0.39 is 18.2 Å². The Morgan fingerprint density at radius 2 is 2.07 bits per heavy atom. The van der Waals surface area contributed by atoms with Crippen molar-refractivity contribution < 1.29 is 18.7 Å². The summed E-state index contributed by atoms with van der Waals surface area (Å²) < 4.78 is 28.2. The predicted octanol–water partition coefficient (Wildman–Crippen LogP) is 3.82. The second-order valence-electron chi connectivity index (χ2n) is 6.95. The van der Waals surface area contributed by atoms with Gasteiger partial charge in [-0.05, 0) is 55.8 Å². The second kappa shape index (κ2) is 7.41. The Balaban J connectivity index is 1.83. The third-order valence-corrected chi connectivity index (χ3v) is 4.64. The lowest BCUT2D eigenvalue weighted by atomic mass is 10.0. The fourth-order valence-corrected chi connectivity index (χ4v) is 3.14. The van der Waals surface area contributed by atoms with E-state index in [0.29, 0.717) is 10.9 Å². The number of rotatable bonds is 5. The molecule has 1 heterocycles. The highest BCUT2D eigenvalue weighted by Crippen LogP contribution is 2.24. The number of anilines is 1. The first-order valence-electron chi connectivity index (χ1n) is 8.63. The largest absolute Gasteiger partial charge is 0.378 e. The van der Waals surface area contributed by atoms with Crippen LogP contribution in [-0.4, -0.2) is 21.2 Å². The number of benzene rings is 2. The summed E-state index contributed by atoms with van der Waals surface area (Å²) in [7, 11) is 0. The van der Waals surface area contributed by atoms with Crippen molar-refractivity contribution in [2.45, 2.75) is 32.7 Å². The highest BCUT2D eigenvalue weighted by Gasteiger charge is 2.31. The van der Waals surface area contributed by atoms with Gasteiger partial charge in [-0.2, -0.15) is 5.26 Å². The summed E-state index contributed by atoms with van der Waals surface area (Å²) in [6.45, 7) is 2.30. The smallest absolute Gasteiger partial charge is 0.257 e. The number of hydrogen-bond donors (Lipinski definition) is 2. The standard InChI is InChI=1S/C21H19F2N3O2/c1-13-11-26(19-6-4-16(23)8-18(13)19)12-21(2,28)20(27)25-17-5-3-14(10-24)15(7-17)9-22/h3-8,11,28H,9,12H2,1-2H3,(H,25,27)/t21-/m0/s1. The number of aryl methyl sites for hydroxylation is 1. The number of nitrogens with zero attached hydrogens (tertiary/aromatic N) is 2. The fourth-order valence-electron chi connectivity index (χ4n) is 3.14. The molecule has 0 saturated carbocycles. The molecular weight excluding hydrogens is 364 g/mol. The van der Waals surface area contributed by atoms with Crippen LogP contribution in [0.1, 0.15) is 23.6 Å². The molecule has 0 spiro atoms. The van der Waals surface area contributed by atoms with Crippen LogP contribution in [0.4, 0.5) is 14.5 Å². The minimum Gasteiger partial charge on any atom is -0.378 e. The summed E-state index contributed by atoms with van der Waals surface area (Å²) in [5.74, 6) is -1.04. The molecule has 3 rings (SSSR count). The van der Waals surface area contributed by atoms with Gasteiger partial charge in [-0.15, -0.1) is 0 Å². The topological polar surface area (TPSA) is 78.1 Å². The van der Waals surface area contributed by atoms with E-state index in [0.717, 1.165) is 5.56 Å². The van der Waals surface area contributed by atoms with E-state index in [1.54, 1.807) is 16.8 Å². The maximum atomic E-state index is 13.5. The molecule has 0 bridgehead atoms. The first kappa shape index (κ1) is 19.5. The minimum atomic E-state index is -1.78. The molecule has 0 unspecified atom stereocenters.